The highest BCUT2D eigenvalue weighted by Crippen LogP contribution is 2.38. The van der Waals surface area contributed by atoms with E-state index in [1.54, 1.807) is 14.2 Å². The Morgan fingerprint density at radius 1 is 1.19 bits per heavy atom. The molecule has 1 aromatic rings. The highest BCUT2D eigenvalue weighted by atomic mass is 16.5. The predicted octanol–water partition coefficient (Wildman–Crippen LogP) is 2.88. The molecule has 0 atom stereocenters. The van der Waals surface area contributed by atoms with Crippen LogP contribution in [0.1, 0.15) is 32.3 Å². The summed E-state index contributed by atoms with van der Waals surface area (Å²) in [6.45, 7) is 5.39. The topological polar surface area (TPSA) is 63.5 Å². The molecule has 0 aliphatic carbocycles. The molecule has 21 heavy (non-hydrogen) atoms. The van der Waals surface area contributed by atoms with Gasteiger partial charge in [0.05, 0.1) is 26.9 Å². The molecule has 0 bridgehead atoms. The summed E-state index contributed by atoms with van der Waals surface area (Å²) in [7, 11) is 3.22. The van der Waals surface area contributed by atoms with Crippen LogP contribution in [0.3, 0.4) is 0 Å². The van der Waals surface area contributed by atoms with E-state index < -0.39 is 0 Å². The first-order valence-corrected chi connectivity index (χ1v) is 7.10. The summed E-state index contributed by atoms with van der Waals surface area (Å²) in [5, 5.41) is 11.9. The first-order valence-electron chi connectivity index (χ1n) is 7.10. The summed E-state index contributed by atoms with van der Waals surface area (Å²) < 4.78 is 16.5. The number of hydrogen-bond donors (Lipinski definition) is 1. The van der Waals surface area contributed by atoms with Gasteiger partial charge in [-0.1, -0.05) is 13.8 Å². The van der Waals surface area contributed by atoms with Crippen molar-refractivity contribution in [2.45, 2.75) is 39.3 Å². The van der Waals surface area contributed by atoms with Crippen molar-refractivity contribution in [2.75, 3.05) is 20.8 Å². The van der Waals surface area contributed by atoms with Crippen molar-refractivity contribution in [3.8, 4) is 23.3 Å². The Morgan fingerprint density at radius 3 is 2.29 bits per heavy atom. The van der Waals surface area contributed by atoms with Gasteiger partial charge in [-0.15, -0.1) is 0 Å². The molecule has 0 saturated heterocycles. The number of ether oxygens (including phenoxy) is 3. The smallest absolute Gasteiger partial charge is 0.203 e. The Kier molecular flexibility index (Phi) is 7.41. The van der Waals surface area contributed by atoms with Crippen molar-refractivity contribution in [3.63, 3.8) is 0 Å². The SMILES string of the molecule is COc1cc(CNC(C)C)cc(OC)c1OCCCC#N. The van der Waals surface area contributed by atoms with E-state index in [2.05, 4.69) is 25.2 Å². The van der Waals surface area contributed by atoms with E-state index in [1.165, 1.54) is 0 Å². The van der Waals surface area contributed by atoms with Crippen molar-refractivity contribution >= 4 is 0 Å². The lowest BCUT2D eigenvalue weighted by Gasteiger charge is -2.16. The number of benzene rings is 1. The molecule has 0 spiro atoms. The van der Waals surface area contributed by atoms with Crippen LogP contribution < -0.4 is 19.5 Å². The third-order valence-corrected chi connectivity index (χ3v) is 2.91. The van der Waals surface area contributed by atoms with Crippen LogP contribution in [0.15, 0.2) is 12.1 Å². The van der Waals surface area contributed by atoms with E-state index in [0.717, 1.165) is 12.1 Å². The second-order valence-corrected chi connectivity index (χ2v) is 4.98. The molecule has 1 aromatic carbocycles. The van der Waals surface area contributed by atoms with Gasteiger partial charge in [0.2, 0.25) is 5.75 Å². The van der Waals surface area contributed by atoms with E-state index in [1.807, 2.05) is 12.1 Å². The number of nitriles is 1. The average Bonchev–Trinajstić information content (AvgIpc) is 2.49. The van der Waals surface area contributed by atoms with E-state index in [0.29, 0.717) is 42.7 Å². The number of hydrogen-bond acceptors (Lipinski definition) is 5. The lowest BCUT2D eigenvalue weighted by atomic mass is 10.1. The molecule has 0 radical (unpaired) electrons. The molecule has 0 aromatic heterocycles. The third-order valence-electron chi connectivity index (χ3n) is 2.91. The molecule has 0 heterocycles. The van der Waals surface area contributed by atoms with E-state index >= 15 is 0 Å². The molecule has 5 nitrogen and oxygen atoms in total. The number of methoxy groups -OCH3 is 2. The average molecular weight is 292 g/mol. The van der Waals surface area contributed by atoms with Crippen molar-refractivity contribution in [3.05, 3.63) is 17.7 Å². The van der Waals surface area contributed by atoms with Crippen LogP contribution in [-0.2, 0) is 6.54 Å². The third kappa shape index (κ3) is 5.52. The van der Waals surface area contributed by atoms with E-state index in [4.69, 9.17) is 19.5 Å². The van der Waals surface area contributed by atoms with Crippen LogP contribution in [0.2, 0.25) is 0 Å². The van der Waals surface area contributed by atoms with Gasteiger partial charge in [-0.05, 0) is 24.1 Å². The predicted molar refractivity (Wildman–Crippen MR) is 81.9 cm³/mol. The molecule has 0 fully saturated rings. The fourth-order valence-electron chi connectivity index (χ4n) is 1.83. The molecule has 0 aliphatic rings. The minimum atomic E-state index is 0.406. The zero-order chi connectivity index (χ0) is 15.7. The van der Waals surface area contributed by atoms with E-state index in [-0.39, 0.29) is 0 Å². The monoisotopic (exact) mass is 292 g/mol. The van der Waals surface area contributed by atoms with Gasteiger partial charge in [0.15, 0.2) is 11.5 Å². The van der Waals surface area contributed by atoms with Crippen molar-refractivity contribution in [1.29, 1.82) is 5.26 Å². The largest absolute Gasteiger partial charge is 0.493 e. The highest BCUT2D eigenvalue weighted by Gasteiger charge is 2.14. The Hall–Kier alpha value is -1.93. The van der Waals surface area contributed by atoms with Gasteiger partial charge < -0.3 is 19.5 Å². The standard InChI is InChI=1S/C16H24N2O3/c1-12(2)18-11-13-9-14(19-3)16(15(10-13)20-4)21-8-6-5-7-17/h9-10,12,18H,5-6,8,11H2,1-4H3. The molecule has 1 rings (SSSR count). The van der Waals surface area contributed by atoms with Crippen molar-refractivity contribution < 1.29 is 14.2 Å². The van der Waals surface area contributed by atoms with Crippen LogP contribution in [0, 0.1) is 11.3 Å². The fourth-order valence-corrected chi connectivity index (χ4v) is 1.83. The van der Waals surface area contributed by atoms with Crippen molar-refractivity contribution in [2.24, 2.45) is 0 Å². The lowest BCUT2D eigenvalue weighted by Crippen LogP contribution is -2.21. The summed E-state index contributed by atoms with van der Waals surface area (Å²) in [6, 6.07) is 6.39. The van der Waals surface area contributed by atoms with Crippen LogP contribution in [0.4, 0.5) is 0 Å². The quantitative estimate of drug-likeness (QED) is 0.709. The van der Waals surface area contributed by atoms with Gasteiger partial charge in [-0.2, -0.15) is 5.26 Å². The normalized spacial score (nSPS) is 10.3. The minimum Gasteiger partial charge on any atom is -0.493 e. The van der Waals surface area contributed by atoms with Gasteiger partial charge >= 0.3 is 0 Å². The van der Waals surface area contributed by atoms with Crippen molar-refractivity contribution in [1.82, 2.24) is 5.32 Å². The first kappa shape index (κ1) is 17.1. The maximum Gasteiger partial charge on any atom is 0.203 e. The van der Waals surface area contributed by atoms with Gasteiger partial charge in [0.25, 0.3) is 0 Å². The van der Waals surface area contributed by atoms with Gasteiger partial charge in [-0.3, -0.25) is 0 Å². The number of rotatable bonds is 9. The van der Waals surface area contributed by atoms with Crippen LogP contribution in [0.5, 0.6) is 17.2 Å². The Bertz CT molecular complexity index is 456. The number of nitrogens with one attached hydrogen (secondary N) is 1. The molecule has 116 valence electrons. The zero-order valence-electron chi connectivity index (χ0n) is 13.2. The summed E-state index contributed by atoms with van der Waals surface area (Å²) in [4.78, 5) is 0. The summed E-state index contributed by atoms with van der Waals surface area (Å²) in [6.07, 6.45) is 1.15. The second kappa shape index (κ2) is 9.09. The molecule has 0 amide bonds. The molecular formula is C16H24N2O3. The minimum absolute atomic E-state index is 0.406. The summed E-state index contributed by atoms with van der Waals surface area (Å²) in [5.74, 6) is 1.88. The van der Waals surface area contributed by atoms with Crippen LogP contribution in [0.25, 0.3) is 0 Å². The second-order valence-electron chi connectivity index (χ2n) is 4.98. The fraction of sp³-hybridized carbons (Fsp3) is 0.562. The van der Waals surface area contributed by atoms with Gasteiger partial charge in [0.1, 0.15) is 0 Å². The zero-order valence-corrected chi connectivity index (χ0v) is 13.2. The number of unbranched alkanes of at least 4 members (excludes halogenated alkanes) is 1. The highest BCUT2D eigenvalue weighted by molar-refractivity contribution is 5.53. The molecule has 0 saturated carbocycles. The Balaban J connectivity index is 2.88. The Morgan fingerprint density at radius 2 is 1.81 bits per heavy atom. The molecule has 0 aliphatic heterocycles. The molecule has 1 N–H and O–H groups in total. The van der Waals surface area contributed by atoms with E-state index in [9.17, 15) is 0 Å². The summed E-state index contributed by atoms with van der Waals surface area (Å²) in [5.41, 5.74) is 1.07. The van der Waals surface area contributed by atoms with Crippen LogP contribution >= 0.6 is 0 Å². The molecular weight excluding hydrogens is 268 g/mol. The number of nitrogens with zero attached hydrogens (tertiary/aromatic N) is 1. The van der Waals surface area contributed by atoms with Gasteiger partial charge in [-0.25, -0.2) is 0 Å². The molecule has 0 unspecified atom stereocenters. The van der Waals surface area contributed by atoms with Gasteiger partial charge in [0, 0.05) is 19.0 Å². The first-order chi connectivity index (χ1) is 10.1. The Labute approximate surface area is 126 Å². The van der Waals surface area contributed by atoms with Crippen LogP contribution in [-0.4, -0.2) is 26.9 Å². The maximum absolute atomic E-state index is 8.54. The maximum atomic E-state index is 8.54. The molecule has 5 heteroatoms. The summed E-state index contributed by atoms with van der Waals surface area (Å²) >= 11 is 0. The lowest BCUT2D eigenvalue weighted by molar-refractivity contribution is 0.271.